The van der Waals surface area contributed by atoms with Gasteiger partial charge in [-0.15, -0.1) is 0 Å². The quantitative estimate of drug-likeness (QED) is 0.638. The van der Waals surface area contributed by atoms with Crippen molar-refractivity contribution in [1.29, 1.82) is 5.26 Å². The van der Waals surface area contributed by atoms with Gasteiger partial charge in [0.15, 0.2) is 0 Å². The van der Waals surface area contributed by atoms with Crippen LogP contribution in [-0.2, 0) is 4.74 Å². The van der Waals surface area contributed by atoms with Gasteiger partial charge in [0.2, 0.25) is 0 Å². The van der Waals surface area contributed by atoms with Crippen LogP contribution in [0.25, 0.3) is 0 Å². The largest absolute Gasteiger partial charge is 0.378 e. The summed E-state index contributed by atoms with van der Waals surface area (Å²) in [5, 5.41) is 12.2. The smallest absolute Gasteiger partial charge is 0.127 e. The summed E-state index contributed by atoms with van der Waals surface area (Å²) >= 11 is 0. The van der Waals surface area contributed by atoms with Crippen molar-refractivity contribution < 1.29 is 4.74 Å². The minimum absolute atomic E-state index is 0.472. The van der Waals surface area contributed by atoms with E-state index in [1.165, 1.54) is 19.3 Å². The summed E-state index contributed by atoms with van der Waals surface area (Å²) in [7, 11) is 0. The summed E-state index contributed by atoms with van der Waals surface area (Å²) in [6.07, 6.45) is 4.90. The molecule has 2 unspecified atom stereocenters. The summed E-state index contributed by atoms with van der Waals surface area (Å²) in [6.45, 7) is 10.4. The predicted octanol–water partition coefficient (Wildman–Crippen LogP) is 3.11. The van der Waals surface area contributed by atoms with Gasteiger partial charge < -0.3 is 4.74 Å². The predicted molar refractivity (Wildman–Crippen MR) is 71.8 cm³/mol. The summed E-state index contributed by atoms with van der Waals surface area (Å²) in [5.41, 5.74) is -0.544. The van der Waals surface area contributed by atoms with E-state index in [1.54, 1.807) is 0 Å². The second-order valence-corrected chi connectivity index (χ2v) is 4.91. The van der Waals surface area contributed by atoms with Crippen LogP contribution in [0.1, 0.15) is 53.4 Å². The van der Waals surface area contributed by atoms with E-state index >= 15 is 0 Å². The first-order chi connectivity index (χ1) is 8.11. The molecule has 1 N–H and O–H groups in total. The standard InChI is InChI=1S/C14H28N2O/c1-5-8-9-13(6-2)10-17-12-14(4,11-15)16-7-3/h13,16H,5-10,12H2,1-4H3. The molecule has 0 bridgehead atoms. The fourth-order valence-corrected chi connectivity index (χ4v) is 1.84. The summed E-state index contributed by atoms with van der Waals surface area (Å²) in [5.74, 6) is 0.638. The number of nitrogens with zero attached hydrogens (tertiary/aromatic N) is 1. The van der Waals surface area contributed by atoms with E-state index in [9.17, 15) is 0 Å². The molecule has 0 aliphatic heterocycles. The van der Waals surface area contributed by atoms with E-state index in [0.717, 1.165) is 19.6 Å². The molecule has 0 amide bonds. The fourth-order valence-electron chi connectivity index (χ4n) is 1.84. The third-order valence-electron chi connectivity index (χ3n) is 3.10. The van der Waals surface area contributed by atoms with Crippen LogP contribution in [0.4, 0.5) is 0 Å². The number of hydrogen-bond donors (Lipinski definition) is 1. The van der Waals surface area contributed by atoms with Gasteiger partial charge in [-0.3, -0.25) is 5.32 Å². The van der Waals surface area contributed by atoms with Gasteiger partial charge in [0, 0.05) is 6.61 Å². The number of rotatable bonds is 10. The van der Waals surface area contributed by atoms with Gasteiger partial charge in [0.05, 0.1) is 12.7 Å². The van der Waals surface area contributed by atoms with Crippen LogP contribution in [0.5, 0.6) is 0 Å². The first-order valence-corrected chi connectivity index (χ1v) is 6.85. The average molecular weight is 240 g/mol. The lowest BCUT2D eigenvalue weighted by Crippen LogP contribution is -2.45. The van der Waals surface area contributed by atoms with Gasteiger partial charge in [-0.05, 0) is 25.8 Å². The van der Waals surface area contributed by atoms with E-state index < -0.39 is 5.54 Å². The molecule has 0 aliphatic carbocycles. The Morgan fingerprint density at radius 3 is 2.53 bits per heavy atom. The number of hydrogen-bond acceptors (Lipinski definition) is 3. The Morgan fingerprint density at radius 2 is 2.06 bits per heavy atom. The lowest BCUT2D eigenvalue weighted by atomic mass is 10.0. The van der Waals surface area contributed by atoms with E-state index in [1.807, 2.05) is 13.8 Å². The molecule has 0 aliphatic rings. The Bertz CT molecular complexity index is 225. The number of ether oxygens (including phenoxy) is 1. The van der Waals surface area contributed by atoms with E-state index in [2.05, 4.69) is 25.2 Å². The first-order valence-electron chi connectivity index (χ1n) is 6.85. The van der Waals surface area contributed by atoms with Crippen molar-refractivity contribution in [2.75, 3.05) is 19.8 Å². The number of nitrogens with one attached hydrogen (secondary N) is 1. The lowest BCUT2D eigenvalue weighted by molar-refractivity contribution is 0.0648. The highest BCUT2D eigenvalue weighted by molar-refractivity contribution is 5.03. The zero-order valence-corrected chi connectivity index (χ0v) is 11.9. The van der Waals surface area contributed by atoms with Gasteiger partial charge in [-0.1, -0.05) is 40.0 Å². The molecule has 0 saturated carbocycles. The second-order valence-electron chi connectivity index (χ2n) is 4.91. The van der Waals surface area contributed by atoms with Crippen molar-refractivity contribution in [3.05, 3.63) is 0 Å². The zero-order valence-electron chi connectivity index (χ0n) is 11.9. The maximum absolute atomic E-state index is 9.09. The van der Waals surface area contributed by atoms with Crippen LogP contribution in [0, 0.1) is 17.2 Å². The van der Waals surface area contributed by atoms with Gasteiger partial charge in [-0.2, -0.15) is 5.26 Å². The monoisotopic (exact) mass is 240 g/mol. The molecule has 0 saturated heterocycles. The van der Waals surface area contributed by atoms with Crippen molar-refractivity contribution in [2.24, 2.45) is 5.92 Å². The maximum atomic E-state index is 9.09. The summed E-state index contributed by atoms with van der Waals surface area (Å²) in [6, 6.07) is 2.28. The van der Waals surface area contributed by atoms with Crippen LogP contribution in [0.15, 0.2) is 0 Å². The Labute approximate surface area is 107 Å². The molecule has 0 rings (SSSR count). The zero-order chi connectivity index (χ0) is 13.1. The Balaban J connectivity index is 3.90. The van der Waals surface area contributed by atoms with Gasteiger partial charge >= 0.3 is 0 Å². The van der Waals surface area contributed by atoms with Crippen molar-refractivity contribution in [1.82, 2.24) is 5.32 Å². The van der Waals surface area contributed by atoms with Crippen LogP contribution in [0.3, 0.4) is 0 Å². The van der Waals surface area contributed by atoms with Gasteiger partial charge in [0.1, 0.15) is 5.54 Å². The first kappa shape index (κ1) is 16.4. The third-order valence-corrected chi connectivity index (χ3v) is 3.10. The molecule has 17 heavy (non-hydrogen) atoms. The Hall–Kier alpha value is -0.590. The number of likely N-dealkylation sites (N-methyl/N-ethyl adjacent to an activating group) is 1. The topological polar surface area (TPSA) is 45.0 Å². The Morgan fingerprint density at radius 1 is 1.35 bits per heavy atom. The van der Waals surface area contributed by atoms with Crippen LogP contribution >= 0.6 is 0 Å². The Kier molecular flexibility index (Phi) is 9.11. The van der Waals surface area contributed by atoms with E-state index in [0.29, 0.717) is 12.5 Å². The highest BCUT2D eigenvalue weighted by atomic mass is 16.5. The van der Waals surface area contributed by atoms with Gasteiger partial charge in [0.25, 0.3) is 0 Å². The van der Waals surface area contributed by atoms with Crippen molar-refractivity contribution in [3.63, 3.8) is 0 Å². The molecule has 100 valence electrons. The molecule has 0 spiro atoms. The fraction of sp³-hybridized carbons (Fsp3) is 0.929. The highest BCUT2D eigenvalue weighted by Gasteiger charge is 2.22. The summed E-state index contributed by atoms with van der Waals surface area (Å²) < 4.78 is 5.71. The SMILES string of the molecule is CCCCC(CC)COCC(C)(C#N)NCC. The third kappa shape index (κ3) is 7.36. The molecule has 0 fully saturated rings. The van der Waals surface area contributed by atoms with Crippen LogP contribution in [-0.4, -0.2) is 25.3 Å². The molecule has 0 aromatic rings. The van der Waals surface area contributed by atoms with E-state index in [4.69, 9.17) is 10.00 Å². The average Bonchev–Trinajstić information content (AvgIpc) is 2.34. The maximum Gasteiger partial charge on any atom is 0.127 e. The minimum atomic E-state index is -0.544. The number of unbranched alkanes of at least 4 members (excludes halogenated alkanes) is 1. The molecule has 0 aromatic carbocycles. The molecule has 0 aromatic heterocycles. The normalized spacial score (nSPS) is 16.2. The van der Waals surface area contributed by atoms with Crippen molar-refractivity contribution in [3.8, 4) is 6.07 Å². The van der Waals surface area contributed by atoms with Crippen LogP contribution in [0.2, 0.25) is 0 Å². The van der Waals surface area contributed by atoms with Crippen molar-refractivity contribution >= 4 is 0 Å². The lowest BCUT2D eigenvalue weighted by Gasteiger charge is -2.24. The summed E-state index contributed by atoms with van der Waals surface area (Å²) in [4.78, 5) is 0. The van der Waals surface area contributed by atoms with Crippen molar-refractivity contribution in [2.45, 2.75) is 58.9 Å². The van der Waals surface area contributed by atoms with E-state index in [-0.39, 0.29) is 0 Å². The molecule has 0 radical (unpaired) electrons. The second kappa shape index (κ2) is 9.44. The highest BCUT2D eigenvalue weighted by Crippen LogP contribution is 2.14. The molecule has 3 heteroatoms. The molecule has 0 heterocycles. The molecular formula is C14H28N2O. The number of nitriles is 1. The van der Waals surface area contributed by atoms with Crippen LogP contribution < -0.4 is 5.32 Å². The molecule has 3 nitrogen and oxygen atoms in total. The minimum Gasteiger partial charge on any atom is -0.378 e. The molecular weight excluding hydrogens is 212 g/mol. The molecule has 2 atom stereocenters. The van der Waals surface area contributed by atoms with Gasteiger partial charge in [-0.25, -0.2) is 0 Å².